The Labute approximate surface area is 239 Å². The van der Waals surface area contributed by atoms with Gasteiger partial charge in [0.2, 0.25) is 0 Å². The molecule has 0 unspecified atom stereocenters. The van der Waals surface area contributed by atoms with Gasteiger partial charge in [0.25, 0.3) is 0 Å². The predicted octanol–water partition coefficient (Wildman–Crippen LogP) is 7.56. The number of aryl methyl sites for hydroxylation is 1. The molecular formula is C33H31ClN4S. The van der Waals surface area contributed by atoms with Gasteiger partial charge in [0.15, 0.2) is 5.17 Å². The second kappa shape index (κ2) is 12.8. The number of hydrogen-bond donors (Lipinski definition) is 1. The first-order chi connectivity index (χ1) is 19.2. The number of amidine groups is 1. The summed E-state index contributed by atoms with van der Waals surface area (Å²) in [5.74, 6) is 0.879. The average molecular weight is 551 g/mol. The van der Waals surface area contributed by atoms with Crippen LogP contribution in [0.25, 0.3) is 0 Å². The molecule has 0 aliphatic heterocycles. The summed E-state index contributed by atoms with van der Waals surface area (Å²) in [5.41, 5.74) is 11.3. The van der Waals surface area contributed by atoms with Crippen LogP contribution >= 0.6 is 23.4 Å². The topological polar surface area (TPSA) is 56.2 Å². The minimum Gasteiger partial charge on any atom is -0.379 e. The van der Waals surface area contributed by atoms with Crippen molar-refractivity contribution in [2.45, 2.75) is 24.9 Å². The van der Waals surface area contributed by atoms with Crippen molar-refractivity contribution < 1.29 is 0 Å². The molecule has 5 rings (SSSR count). The molecule has 4 nitrogen and oxygen atoms in total. The van der Waals surface area contributed by atoms with Crippen molar-refractivity contribution in [3.8, 4) is 0 Å². The number of thioether (sulfide) groups is 1. The molecule has 0 atom stereocenters. The van der Waals surface area contributed by atoms with E-state index in [1.807, 2.05) is 30.6 Å². The van der Waals surface area contributed by atoms with E-state index in [9.17, 15) is 0 Å². The van der Waals surface area contributed by atoms with Gasteiger partial charge in [-0.3, -0.25) is 4.99 Å². The van der Waals surface area contributed by atoms with E-state index in [1.165, 1.54) is 16.7 Å². The first-order valence-corrected chi connectivity index (χ1v) is 14.4. The number of rotatable bonds is 10. The third kappa shape index (κ3) is 6.27. The Bertz CT molecular complexity index is 1390. The second-order valence-electron chi connectivity index (χ2n) is 9.31. The predicted molar refractivity (Wildman–Crippen MR) is 164 cm³/mol. The van der Waals surface area contributed by atoms with Crippen molar-refractivity contribution in [2.24, 2.45) is 10.7 Å². The lowest BCUT2D eigenvalue weighted by atomic mass is 9.77. The van der Waals surface area contributed by atoms with Crippen LogP contribution in [-0.2, 0) is 18.5 Å². The fraction of sp³-hybridized carbons (Fsp3) is 0.152. The van der Waals surface area contributed by atoms with E-state index in [0.717, 1.165) is 34.9 Å². The van der Waals surface area contributed by atoms with Crippen molar-refractivity contribution in [1.29, 1.82) is 0 Å². The highest BCUT2D eigenvalue weighted by Crippen LogP contribution is 2.40. The van der Waals surface area contributed by atoms with E-state index in [4.69, 9.17) is 22.3 Å². The SMILES string of the molecule is NC(=NCc1ccc(Cl)cc1)SCCCc1cn(C(c2ccccc2)(c2ccccc2)c2ccccc2)cn1. The van der Waals surface area contributed by atoms with Crippen molar-refractivity contribution in [2.75, 3.05) is 5.75 Å². The number of nitrogens with two attached hydrogens (primary N) is 1. The Morgan fingerprint density at radius 3 is 1.87 bits per heavy atom. The van der Waals surface area contributed by atoms with E-state index in [2.05, 4.69) is 107 Å². The summed E-state index contributed by atoms with van der Waals surface area (Å²) >= 11 is 7.55. The van der Waals surface area contributed by atoms with Gasteiger partial charge in [-0.25, -0.2) is 4.98 Å². The van der Waals surface area contributed by atoms with Gasteiger partial charge < -0.3 is 10.3 Å². The quantitative estimate of drug-likeness (QED) is 0.0844. The molecular weight excluding hydrogens is 520 g/mol. The first-order valence-electron chi connectivity index (χ1n) is 13.0. The smallest absolute Gasteiger partial charge is 0.154 e. The van der Waals surface area contributed by atoms with Gasteiger partial charge in [0.1, 0.15) is 5.54 Å². The number of benzene rings is 4. The Morgan fingerprint density at radius 2 is 1.33 bits per heavy atom. The summed E-state index contributed by atoms with van der Waals surface area (Å²) in [6.07, 6.45) is 5.97. The molecule has 39 heavy (non-hydrogen) atoms. The zero-order chi connectivity index (χ0) is 26.9. The Balaban J connectivity index is 1.34. The first kappa shape index (κ1) is 26.8. The number of halogens is 1. The third-order valence-electron chi connectivity index (χ3n) is 6.76. The van der Waals surface area contributed by atoms with Gasteiger partial charge in [-0.15, -0.1) is 0 Å². The summed E-state index contributed by atoms with van der Waals surface area (Å²) < 4.78 is 2.26. The van der Waals surface area contributed by atoms with Crippen LogP contribution in [0, 0.1) is 0 Å². The van der Waals surface area contributed by atoms with Gasteiger partial charge >= 0.3 is 0 Å². The standard InChI is InChI=1S/C33H31ClN4S/c34-30-20-18-26(19-21-30)23-36-32(35)39-22-10-17-31-24-38(25-37-31)33(27-11-4-1-5-12-27,28-13-6-2-7-14-28)29-15-8-3-9-16-29/h1-9,11-16,18-21,24-25H,10,17,22-23H2,(H2,35,36). The average Bonchev–Trinajstić information content (AvgIpc) is 3.46. The maximum absolute atomic E-state index is 6.15. The molecule has 0 spiro atoms. The zero-order valence-electron chi connectivity index (χ0n) is 21.7. The van der Waals surface area contributed by atoms with E-state index >= 15 is 0 Å². The maximum atomic E-state index is 6.15. The van der Waals surface area contributed by atoms with Gasteiger partial charge in [0, 0.05) is 17.0 Å². The van der Waals surface area contributed by atoms with Gasteiger partial charge in [0.05, 0.1) is 18.6 Å². The van der Waals surface area contributed by atoms with Crippen LogP contribution in [0.3, 0.4) is 0 Å². The molecule has 2 N–H and O–H groups in total. The molecule has 1 heterocycles. The number of hydrogen-bond acceptors (Lipinski definition) is 3. The molecule has 4 aromatic carbocycles. The third-order valence-corrected chi connectivity index (χ3v) is 7.93. The van der Waals surface area contributed by atoms with Crippen LogP contribution in [0.2, 0.25) is 5.02 Å². The number of aliphatic imine (C=N–C) groups is 1. The van der Waals surface area contributed by atoms with Crippen molar-refractivity contribution >= 4 is 28.5 Å². The second-order valence-corrected chi connectivity index (χ2v) is 10.9. The van der Waals surface area contributed by atoms with Gasteiger partial charge in [-0.2, -0.15) is 0 Å². The summed E-state index contributed by atoms with van der Waals surface area (Å²) in [6, 6.07) is 39.7. The van der Waals surface area contributed by atoms with Crippen LogP contribution < -0.4 is 5.73 Å². The lowest BCUT2D eigenvalue weighted by molar-refractivity contribution is 0.514. The van der Waals surface area contributed by atoms with Crippen LogP contribution in [0.15, 0.2) is 133 Å². The van der Waals surface area contributed by atoms with Crippen molar-refractivity contribution in [3.05, 3.63) is 161 Å². The monoisotopic (exact) mass is 550 g/mol. The molecule has 0 bridgehead atoms. The Morgan fingerprint density at radius 1 is 0.795 bits per heavy atom. The van der Waals surface area contributed by atoms with E-state index in [1.54, 1.807) is 11.8 Å². The van der Waals surface area contributed by atoms with Crippen LogP contribution in [0.4, 0.5) is 0 Å². The molecule has 5 aromatic rings. The molecule has 0 aliphatic rings. The van der Waals surface area contributed by atoms with E-state index in [-0.39, 0.29) is 0 Å². The van der Waals surface area contributed by atoms with Gasteiger partial charge in [-0.05, 0) is 47.2 Å². The van der Waals surface area contributed by atoms with Gasteiger partial charge in [-0.1, -0.05) is 126 Å². The summed E-state index contributed by atoms with van der Waals surface area (Å²) in [4.78, 5) is 9.34. The largest absolute Gasteiger partial charge is 0.379 e. The lowest BCUT2D eigenvalue weighted by Crippen LogP contribution is -2.36. The highest BCUT2D eigenvalue weighted by atomic mass is 35.5. The molecule has 6 heteroatoms. The fourth-order valence-electron chi connectivity index (χ4n) is 4.90. The summed E-state index contributed by atoms with van der Waals surface area (Å²) in [6.45, 7) is 0.556. The minimum atomic E-state index is -0.539. The summed E-state index contributed by atoms with van der Waals surface area (Å²) in [5, 5.41) is 1.33. The van der Waals surface area contributed by atoms with E-state index in [0.29, 0.717) is 11.7 Å². The Kier molecular flexibility index (Phi) is 8.82. The van der Waals surface area contributed by atoms with Crippen molar-refractivity contribution in [1.82, 2.24) is 9.55 Å². The van der Waals surface area contributed by atoms with Crippen LogP contribution in [0.5, 0.6) is 0 Å². The van der Waals surface area contributed by atoms with Crippen LogP contribution in [0.1, 0.15) is 34.4 Å². The molecule has 0 fully saturated rings. The molecule has 0 amide bonds. The van der Waals surface area contributed by atoms with E-state index < -0.39 is 5.54 Å². The fourth-order valence-corrected chi connectivity index (χ4v) is 5.68. The maximum Gasteiger partial charge on any atom is 0.154 e. The summed E-state index contributed by atoms with van der Waals surface area (Å²) in [7, 11) is 0. The molecule has 1 aromatic heterocycles. The normalized spacial score (nSPS) is 12.0. The molecule has 0 saturated heterocycles. The molecule has 0 saturated carbocycles. The number of imidazole rings is 1. The molecule has 0 radical (unpaired) electrons. The van der Waals surface area contributed by atoms with Crippen molar-refractivity contribution in [3.63, 3.8) is 0 Å². The highest BCUT2D eigenvalue weighted by Gasteiger charge is 2.38. The molecule has 0 aliphatic carbocycles. The number of nitrogens with zero attached hydrogens (tertiary/aromatic N) is 3. The zero-order valence-corrected chi connectivity index (χ0v) is 23.2. The highest BCUT2D eigenvalue weighted by molar-refractivity contribution is 8.13. The lowest BCUT2D eigenvalue weighted by Gasteiger charge is -2.37. The minimum absolute atomic E-state index is 0.539. The molecule has 196 valence electrons. The Hall–Kier alpha value is -3.80. The number of aromatic nitrogens is 2. The van der Waals surface area contributed by atoms with Crippen LogP contribution in [-0.4, -0.2) is 20.5 Å².